The lowest BCUT2D eigenvalue weighted by molar-refractivity contribution is -0.135. The molecule has 2 unspecified atom stereocenters. The third-order valence-electron chi connectivity index (χ3n) is 10.2. The number of aliphatic imine (C=N–C) groups is 1. The molecule has 4 atom stereocenters. The van der Waals surface area contributed by atoms with Crippen molar-refractivity contribution in [1.82, 2.24) is 30.4 Å². The van der Waals surface area contributed by atoms with E-state index in [9.17, 15) is 19.2 Å². The molecule has 3 aliphatic rings. The van der Waals surface area contributed by atoms with Gasteiger partial charge in [0.1, 0.15) is 17.9 Å². The first kappa shape index (κ1) is 52.4. The number of carbonyl (C=O) groups excluding carboxylic acids is 4. The molecule has 6 rings (SSSR count). The first-order chi connectivity index (χ1) is 25.5. The number of hydrogen-bond acceptors (Lipinski definition) is 9. The summed E-state index contributed by atoms with van der Waals surface area (Å²) in [6.45, 7) is 8.87. The van der Waals surface area contributed by atoms with E-state index < -0.39 is 24.3 Å². The molecular weight excluding hydrogens is 835 g/mol. The standard InChI is InChI=1S/C39H49N7O6S.CH4.4H2S/c1-22(2)33(43-38(49)51-5)36(47)45-17-7-9-30(45)28-20-25-19-24(12-15-27(25)41-28)11-13-26-14-16-32(53-26)29-21-40-35(42-29)31-10-8-18-46(31)37(48)34(23(3)4)44-39(50)52-6;;;;;/h11-16,19,21-23,30-31,33-34H,7-10,17-18,20H2,1-6H3,(H,40,42)(H,43,49)(H,44,50);1H4;4*1H2/b13-11+;;;;;/t30-,31-,33?,34?;;;;;/m0...../s1. The molecule has 2 fully saturated rings. The number of amides is 4. The van der Waals surface area contributed by atoms with Gasteiger partial charge in [0.25, 0.3) is 0 Å². The molecule has 18 heteroatoms. The quantitative estimate of drug-likeness (QED) is 0.181. The van der Waals surface area contributed by atoms with Crippen LogP contribution in [0.3, 0.4) is 0 Å². The summed E-state index contributed by atoms with van der Waals surface area (Å²) in [6.07, 6.45) is 8.83. The van der Waals surface area contributed by atoms with Gasteiger partial charge >= 0.3 is 12.2 Å². The third-order valence-corrected chi connectivity index (χ3v) is 11.3. The number of thiophene rings is 1. The van der Waals surface area contributed by atoms with Crippen LogP contribution in [0.2, 0.25) is 0 Å². The number of imidazole rings is 1. The number of aromatic nitrogens is 2. The Morgan fingerprint density at radius 1 is 0.828 bits per heavy atom. The van der Waals surface area contributed by atoms with Crippen LogP contribution in [0.25, 0.3) is 22.7 Å². The van der Waals surface area contributed by atoms with Crippen LogP contribution >= 0.6 is 65.3 Å². The van der Waals surface area contributed by atoms with Crippen molar-refractivity contribution >= 4 is 113 Å². The fraction of sp³-hybridized carbons (Fsp3) is 0.500. The van der Waals surface area contributed by atoms with Gasteiger partial charge in [-0.1, -0.05) is 47.3 Å². The van der Waals surface area contributed by atoms with Crippen LogP contribution in [0.15, 0.2) is 41.5 Å². The molecule has 0 aliphatic carbocycles. The molecular formula is C40H61N7O6S5. The topological polar surface area (TPSA) is 158 Å². The van der Waals surface area contributed by atoms with Crippen molar-refractivity contribution in [3.8, 4) is 10.6 Å². The van der Waals surface area contributed by atoms with Crippen LogP contribution in [0.5, 0.6) is 0 Å². The normalized spacial score (nSPS) is 17.8. The molecule has 58 heavy (non-hydrogen) atoms. The number of rotatable bonds is 11. The van der Waals surface area contributed by atoms with Crippen LogP contribution in [0.4, 0.5) is 15.3 Å². The lowest BCUT2D eigenvalue weighted by Gasteiger charge is -2.30. The second-order valence-electron chi connectivity index (χ2n) is 14.5. The number of alkyl carbamates (subject to hydrolysis) is 2. The Bertz CT molecular complexity index is 1910. The number of ether oxygens (including phenoxy) is 2. The first-order valence-corrected chi connectivity index (χ1v) is 19.1. The van der Waals surface area contributed by atoms with Crippen molar-refractivity contribution in [2.24, 2.45) is 16.8 Å². The van der Waals surface area contributed by atoms with Gasteiger partial charge in [0.2, 0.25) is 11.8 Å². The van der Waals surface area contributed by atoms with Crippen molar-refractivity contribution < 1.29 is 28.7 Å². The summed E-state index contributed by atoms with van der Waals surface area (Å²) in [5.74, 6) is 0.316. The summed E-state index contributed by atoms with van der Waals surface area (Å²) in [6, 6.07) is 8.77. The van der Waals surface area contributed by atoms with E-state index in [1.807, 2.05) is 49.8 Å². The minimum atomic E-state index is -0.682. The summed E-state index contributed by atoms with van der Waals surface area (Å²) >= 11 is 1.65. The highest BCUT2D eigenvalue weighted by atomic mass is 32.1. The van der Waals surface area contributed by atoms with Gasteiger partial charge in [-0.25, -0.2) is 14.6 Å². The van der Waals surface area contributed by atoms with E-state index in [0.29, 0.717) is 19.5 Å². The largest absolute Gasteiger partial charge is 0.453 e. The molecule has 322 valence electrons. The van der Waals surface area contributed by atoms with E-state index in [1.54, 1.807) is 11.3 Å². The van der Waals surface area contributed by atoms with Gasteiger partial charge in [-0.05, 0) is 79.0 Å². The zero-order valence-corrected chi connectivity index (χ0v) is 38.0. The highest BCUT2D eigenvalue weighted by Gasteiger charge is 2.39. The van der Waals surface area contributed by atoms with Gasteiger partial charge < -0.3 is 34.9 Å². The maximum atomic E-state index is 13.6. The lowest BCUT2D eigenvalue weighted by Crippen LogP contribution is -2.53. The zero-order chi connectivity index (χ0) is 37.8. The molecule has 0 saturated carbocycles. The number of carbonyl (C=O) groups is 4. The number of nitrogens with one attached hydrogen (secondary N) is 3. The van der Waals surface area contributed by atoms with E-state index in [4.69, 9.17) is 14.5 Å². The van der Waals surface area contributed by atoms with Crippen molar-refractivity contribution in [1.29, 1.82) is 0 Å². The second kappa shape index (κ2) is 23.3. The van der Waals surface area contributed by atoms with E-state index in [0.717, 1.165) is 69.5 Å². The minimum Gasteiger partial charge on any atom is -0.453 e. The first-order valence-electron chi connectivity index (χ1n) is 18.3. The summed E-state index contributed by atoms with van der Waals surface area (Å²) < 4.78 is 9.52. The Morgan fingerprint density at radius 3 is 1.97 bits per heavy atom. The fourth-order valence-corrected chi connectivity index (χ4v) is 8.26. The molecule has 1 aromatic carbocycles. The average Bonchev–Trinajstić information content (AvgIpc) is 3.98. The smallest absolute Gasteiger partial charge is 0.407 e. The van der Waals surface area contributed by atoms with Gasteiger partial charge in [-0.15, -0.1) is 11.3 Å². The van der Waals surface area contributed by atoms with Gasteiger partial charge in [0, 0.05) is 30.1 Å². The van der Waals surface area contributed by atoms with Crippen molar-refractivity contribution in [2.75, 3.05) is 27.3 Å². The van der Waals surface area contributed by atoms with Crippen molar-refractivity contribution in [3.63, 3.8) is 0 Å². The Balaban J connectivity index is 0.00000336. The van der Waals surface area contributed by atoms with Gasteiger partial charge in [0.05, 0.1) is 48.8 Å². The molecule has 4 amide bonds. The molecule has 3 aromatic rings. The lowest BCUT2D eigenvalue weighted by atomic mass is 9.99. The summed E-state index contributed by atoms with van der Waals surface area (Å²) in [7, 11) is 2.59. The van der Waals surface area contributed by atoms with Gasteiger partial charge in [0.15, 0.2) is 0 Å². The Hall–Kier alpha value is -3.58. The van der Waals surface area contributed by atoms with Crippen molar-refractivity contribution in [3.05, 3.63) is 58.4 Å². The maximum Gasteiger partial charge on any atom is 0.407 e. The number of fused-ring (bicyclic) bond motifs is 1. The molecule has 3 N–H and O–H groups in total. The number of nitrogens with zero attached hydrogens (tertiary/aromatic N) is 4. The summed E-state index contributed by atoms with van der Waals surface area (Å²) in [4.78, 5) is 69.9. The van der Waals surface area contributed by atoms with E-state index in [-0.39, 0.29) is 97.1 Å². The highest BCUT2D eigenvalue weighted by Crippen LogP contribution is 2.36. The number of hydrogen-bond donors (Lipinski definition) is 3. The van der Waals surface area contributed by atoms with Crippen LogP contribution in [0, 0.1) is 11.8 Å². The minimum absolute atomic E-state index is 0. The van der Waals surface area contributed by atoms with Crippen LogP contribution in [-0.4, -0.2) is 94.9 Å². The number of H-pyrrole nitrogens is 1. The molecule has 2 aromatic heterocycles. The van der Waals surface area contributed by atoms with Crippen molar-refractivity contribution in [2.45, 2.75) is 91.4 Å². The number of methoxy groups -OCH3 is 2. The molecule has 13 nitrogen and oxygen atoms in total. The zero-order valence-electron chi connectivity index (χ0n) is 33.2. The Morgan fingerprint density at radius 2 is 1.40 bits per heavy atom. The molecule has 0 bridgehead atoms. The molecule has 0 spiro atoms. The second-order valence-corrected chi connectivity index (χ2v) is 15.6. The fourth-order valence-electron chi connectivity index (χ4n) is 7.39. The molecule has 3 aliphatic heterocycles. The van der Waals surface area contributed by atoms with Gasteiger partial charge in [-0.2, -0.15) is 54.0 Å². The highest BCUT2D eigenvalue weighted by molar-refractivity contribution is 7.59. The SMILES string of the molecule is C.COC(=O)NC(C(=O)N1CCC[C@H]1C1=Nc2ccc(/C=C/c3ccc(-c4cnc([C@@H]5CCCN5C(=O)C(NC(=O)OC)C(C)C)[nH]4)s3)cc2C1)C(C)C.S.S.S.S. The Kier molecular flexibility index (Phi) is 21.0. The number of aromatic amines is 1. The predicted molar refractivity (Wildman–Crippen MR) is 253 cm³/mol. The summed E-state index contributed by atoms with van der Waals surface area (Å²) in [5.41, 5.74) is 5.00. The van der Waals surface area contributed by atoms with Crippen LogP contribution < -0.4 is 10.6 Å². The third kappa shape index (κ3) is 11.8. The molecule has 0 radical (unpaired) electrons. The summed E-state index contributed by atoms with van der Waals surface area (Å²) in [5, 5.41) is 5.41. The van der Waals surface area contributed by atoms with Crippen LogP contribution in [0.1, 0.15) is 88.7 Å². The van der Waals surface area contributed by atoms with Gasteiger partial charge in [-0.3, -0.25) is 14.6 Å². The number of benzene rings is 1. The maximum absolute atomic E-state index is 13.6. The van der Waals surface area contributed by atoms with E-state index in [2.05, 4.69) is 57.0 Å². The van der Waals surface area contributed by atoms with E-state index in [1.165, 1.54) is 14.2 Å². The Labute approximate surface area is 374 Å². The average molecular weight is 896 g/mol. The molecule has 5 heterocycles. The molecule has 2 saturated heterocycles. The number of likely N-dealkylation sites (tertiary alicyclic amines) is 2. The van der Waals surface area contributed by atoms with E-state index >= 15 is 0 Å². The van der Waals surface area contributed by atoms with Crippen LogP contribution in [-0.2, 0) is 25.5 Å². The monoisotopic (exact) mass is 895 g/mol. The predicted octanol–water partition coefficient (Wildman–Crippen LogP) is 7.44.